The molecule has 2 N–H and O–H groups in total. The van der Waals surface area contributed by atoms with E-state index in [4.69, 9.17) is 9.84 Å². The number of aliphatic carboxylic acids is 1. The predicted octanol–water partition coefficient (Wildman–Crippen LogP) is 4.92. The number of carbonyl (C=O) groups is 3. The SMILES string of the molecule is O=C(O)CCC(CC(=O)Cc1ccccc1)NC(=O)OCc1cccc2c1Cc1ccccc1-2. The van der Waals surface area contributed by atoms with Gasteiger partial charge in [-0.2, -0.15) is 0 Å². The van der Waals surface area contributed by atoms with Crippen LogP contribution in [0.4, 0.5) is 4.79 Å². The number of amides is 1. The molecule has 0 saturated heterocycles. The lowest BCUT2D eigenvalue weighted by atomic mass is 10.0. The number of benzene rings is 3. The second kappa shape index (κ2) is 10.8. The molecule has 0 bridgehead atoms. The number of carboxylic acids is 1. The molecule has 34 heavy (non-hydrogen) atoms. The largest absolute Gasteiger partial charge is 0.481 e. The van der Waals surface area contributed by atoms with E-state index in [0.29, 0.717) is 0 Å². The molecular formula is C28H27NO5. The van der Waals surface area contributed by atoms with Gasteiger partial charge in [-0.3, -0.25) is 9.59 Å². The van der Waals surface area contributed by atoms with E-state index in [-0.39, 0.29) is 38.1 Å². The fourth-order valence-corrected chi connectivity index (χ4v) is 4.40. The third-order valence-corrected chi connectivity index (χ3v) is 6.05. The number of ether oxygens (including phenoxy) is 1. The molecule has 4 rings (SSSR count). The smallest absolute Gasteiger partial charge is 0.407 e. The number of Topliss-reactive ketones (excluding diaryl/α,β-unsaturated/α-hetero) is 1. The van der Waals surface area contributed by atoms with Crippen LogP contribution in [0.5, 0.6) is 0 Å². The summed E-state index contributed by atoms with van der Waals surface area (Å²) < 4.78 is 5.48. The molecule has 3 aromatic carbocycles. The molecule has 0 radical (unpaired) electrons. The summed E-state index contributed by atoms with van der Waals surface area (Å²) in [7, 11) is 0. The number of ketones is 1. The van der Waals surface area contributed by atoms with Crippen LogP contribution >= 0.6 is 0 Å². The van der Waals surface area contributed by atoms with Gasteiger partial charge in [0.1, 0.15) is 12.4 Å². The fourth-order valence-electron chi connectivity index (χ4n) is 4.40. The molecule has 0 saturated carbocycles. The normalized spacial score (nSPS) is 12.4. The lowest BCUT2D eigenvalue weighted by Crippen LogP contribution is -2.37. The van der Waals surface area contributed by atoms with Gasteiger partial charge in [-0.05, 0) is 46.2 Å². The highest BCUT2D eigenvalue weighted by molar-refractivity contribution is 5.82. The molecule has 0 spiro atoms. The molecule has 3 aromatic rings. The molecule has 1 aliphatic carbocycles. The first-order valence-electron chi connectivity index (χ1n) is 11.4. The molecular weight excluding hydrogens is 430 g/mol. The zero-order valence-electron chi connectivity index (χ0n) is 18.8. The molecule has 1 aliphatic rings. The number of carbonyl (C=O) groups excluding carboxylic acids is 2. The summed E-state index contributed by atoms with van der Waals surface area (Å²) in [6.07, 6.45) is 0.429. The van der Waals surface area contributed by atoms with Crippen LogP contribution in [-0.4, -0.2) is 29.0 Å². The van der Waals surface area contributed by atoms with Crippen LogP contribution in [-0.2, 0) is 33.8 Å². The van der Waals surface area contributed by atoms with E-state index in [1.807, 2.05) is 54.6 Å². The van der Waals surface area contributed by atoms with Crippen LogP contribution in [0, 0.1) is 0 Å². The third kappa shape index (κ3) is 5.90. The first-order valence-corrected chi connectivity index (χ1v) is 11.4. The van der Waals surface area contributed by atoms with Crippen LogP contribution in [0.1, 0.15) is 41.5 Å². The van der Waals surface area contributed by atoms with Crippen LogP contribution < -0.4 is 5.32 Å². The van der Waals surface area contributed by atoms with E-state index >= 15 is 0 Å². The zero-order valence-corrected chi connectivity index (χ0v) is 18.8. The number of hydrogen-bond donors (Lipinski definition) is 2. The Morgan fingerprint density at radius 3 is 2.44 bits per heavy atom. The first kappa shape index (κ1) is 23.2. The summed E-state index contributed by atoms with van der Waals surface area (Å²) >= 11 is 0. The maximum absolute atomic E-state index is 12.5. The number of nitrogens with one attached hydrogen (secondary N) is 1. The van der Waals surface area contributed by atoms with Crippen LogP contribution in [0.2, 0.25) is 0 Å². The fraction of sp³-hybridized carbons (Fsp3) is 0.250. The Morgan fingerprint density at radius 2 is 1.65 bits per heavy atom. The highest BCUT2D eigenvalue weighted by Gasteiger charge is 2.22. The molecule has 1 unspecified atom stereocenters. The van der Waals surface area contributed by atoms with Crippen molar-refractivity contribution in [3.05, 3.63) is 95.1 Å². The van der Waals surface area contributed by atoms with Gasteiger partial charge >= 0.3 is 12.1 Å². The van der Waals surface area contributed by atoms with Crippen molar-refractivity contribution in [2.24, 2.45) is 0 Å². The molecule has 0 aromatic heterocycles. The summed E-state index contributed by atoms with van der Waals surface area (Å²) in [6.45, 7) is 0.104. The van der Waals surface area contributed by atoms with Crippen molar-refractivity contribution in [1.82, 2.24) is 5.32 Å². The van der Waals surface area contributed by atoms with E-state index < -0.39 is 18.1 Å². The van der Waals surface area contributed by atoms with Gasteiger partial charge in [0, 0.05) is 25.3 Å². The summed E-state index contributed by atoms with van der Waals surface area (Å²) in [6, 6.07) is 22.9. The Hall–Kier alpha value is -3.93. The number of rotatable bonds is 10. The predicted molar refractivity (Wildman–Crippen MR) is 128 cm³/mol. The van der Waals surface area contributed by atoms with Gasteiger partial charge in [-0.15, -0.1) is 0 Å². The standard InChI is InChI=1S/C28H27NO5/c30-23(15-19-7-2-1-3-8-19)17-22(13-14-27(31)32)29-28(33)34-18-21-10-6-12-25-24-11-5-4-9-20(24)16-26(21)25/h1-12,22H,13-18H2,(H,29,33)(H,31,32). The minimum atomic E-state index is -0.977. The van der Waals surface area contributed by atoms with Crippen molar-refractivity contribution in [2.75, 3.05) is 0 Å². The molecule has 6 heteroatoms. The van der Waals surface area contributed by atoms with Gasteiger partial charge in [-0.1, -0.05) is 72.8 Å². The number of alkyl carbamates (subject to hydrolysis) is 1. The minimum Gasteiger partial charge on any atom is -0.481 e. The van der Waals surface area contributed by atoms with E-state index in [0.717, 1.165) is 28.7 Å². The molecule has 0 heterocycles. The number of carboxylic acid groups (broad SMARTS) is 1. The Kier molecular flexibility index (Phi) is 7.38. The molecule has 0 fully saturated rings. The molecule has 0 aliphatic heterocycles. The van der Waals surface area contributed by atoms with Gasteiger partial charge in [0.2, 0.25) is 0 Å². The minimum absolute atomic E-state index is 0.0489. The van der Waals surface area contributed by atoms with E-state index in [1.54, 1.807) is 0 Å². The first-order chi connectivity index (χ1) is 16.5. The molecule has 1 amide bonds. The Labute approximate surface area is 198 Å². The summed E-state index contributed by atoms with van der Waals surface area (Å²) in [5, 5.41) is 11.8. The van der Waals surface area contributed by atoms with E-state index in [1.165, 1.54) is 11.1 Å². The monoisotopic (exact) mass is 457 g/mol. The second-order valence-corrected chi connectivity index (χ2v) is 8.53. The molecule has 1 atom stereocenters. The Balaban J connectivity index is 1.36. The lowest BCUT2D eigenvalue weighted by Gasteiger charge is -2.18. The van der Waals surface area contributed by atoms with Gasteiger partial charge in [0.15, 0.2) is 0 Å². The average molecular weight is 458 g/mol. The van der Waals surface area contributed by atoms with Gasteiger partial charge in [0.25, 0.3) is 0 Å². The lowest BCUT2D eigenvalue weighted by molar-refractivity contribution is -0.137. The van der Waals surface area contributed by atoms with E-state index in [2.05, 4.69) is 23.5 Å². The van der Waals surface area contributed by atoms with Crippen LogP contribution in [0.15, 0.2) is 72.8 Å². The topological polar surface area (TPSA) is 92.7 Å². The molecule has 174 valence electrons. The van der Waals surface area contributed by atoms with Crippen molar-refractivity contribution < 1.29 is 24.2 Å². The highest BCUT2D eigenvalue weighted by Crippen LogP contribution is 2.38. The van der Waals surface area contributed by atoms with Gasteiger partial charge in [-0.25, -0.2) is 4.79 Å². The Morgan fingerprint density at radius 1 is 0.912 bits per heavy atom. The Bertz CT molecular complexity index is 1190. The van der Waals surface area contributed by atoms with Crippen molar-refractivity contribution in [2.45, 2.75) is 44.8 Å². The van der Waals surface area contributed by atoms with E-state index in [9.17, 15) is 14.4 Å². The van der Waals surface area contributed by atoms with Crippen LogP contribution in [0.3, 0.4) is 0 Å². The number of hydrogen-bond acceptors (Lipinski definition) is 4. The van der Waals surface area contributed by atoms with Crippen molar-refractivity contribution >= 4 is 17.8 Å². The van der Waals surface area contributed by atoms with Gasteiger partial charge < -0.3 is 15.2 Å². The zero-order chi connectivity index (χ0) is 23.9. The van der Waals surface area contributed by atoms with Crippen molar-refractivity contribution in [3.8, 4) is 11.1 Å². The summed E-state index contributed by atoms with van der Waals surface area (Å²) in [5.74, 6) is -1.05. The van der Waals surface area contributed by atoms with Crippen molar-refractivity contribution in [1.29, 1.82) is 0 Å². The van der Waals surface area contributed by atoms with Crippen LogP contribution in [0.25, 0.3) is 11.1 Å². The number of fused-ring (bicyclic) bond motifs is 3. The summed E-state index contributed by atoms with van der Waals surface area (Å²) in [4.78, 5) is 36.1. The third-order valence-electron chi connectivity index (χ3n) is 6.05. The van der Waals surface area contributed by atoms with Crippen molar-refractivity contribution in [3.63, 3.8) is 0 Å². The van der Waals surface area contributed by atoms with Gasteiger partial charge in [0.05, 0.1) is 0 Å². The average Bonchev–Trinajstić information content (AvgIpc) is 3.21. The summed E-state index contributed by atoms with van der Waals surface area (Å²) in [5.41, 5.74) is 6.58. The molecule has 6 nitrogen and oxygen atoms in total. The highest BCUT2D eigenvalue weighted by atomic mass is 16.5. The maximum atomic E-state index is 12.5. The second-order valence-electron chi connectivity index (χ2n) is 8.53. The quantitative estimate of drug-likeness (QED) is 0.353. The maximum Gasteiger partial charge on any atom is 0.407 e.